The number of aliphatic carboxylic acids is 1. The van der Waals surface area contributed by atoms with Crippen LogP contribution in [0, 0.1) is 13.8 Å². The third-order valence-corrected chi connectivity index (χ3v) is 3.46. The van der Waals surface area contributed by atoms with Gasteiger partial charge in [0, 0.05) is 5.56 Å². The summed E-state index contributed by atoms with van der Waals surface area (Å²) in [6.45, 7) is 3.77. The van der Waals surface area contributed by atoms with Crippen molar-refractivity contribution in [2.75, 3.05) is 7.11 Å². The predicted octanol–water partition coefficient (Wildman–Crippen LogP) is 3.64. The van der Waals surface area contributed by atoms with E-state index in [2.05, 4.69) is 0 Å². The Kier molecular flexibility index (Phi) is 4.51. The average Bonchev–Trinajstić information content (AvgIpc) is 2.48. The second kappa shape index (κ2) is 6.35. The van der Waals surface area contributed by atoms with E-state index in [4.69, 9.17) is 4.74 Å². The van der Waals surface area contributed by atoms with Crippen molar-refractivity contribution in [3.63, 3.8) is 0 Å². The van der Waals surface area contributed by atoms with Gasteiger partial charge in [-0.2, -0.15) is 0 Å². The molecule has 2 N–H and O–H groups in total. The summed E-state index contributed by atoms with van der Waals surface area (Å²) in [5.41, 5.74) is 3.00. The number of para-hydroxylation sites is 1. The summed E-state index contributed by atoms with van der Waals surface area (Å²) in [5.74, 6) is -0.815. The molecule has 0 unspecified atom stereocenters. The second-order valence-electron chi connectivity index (χ2n) is 5.08. The summed E-state index contributed by atoms with van der Waals surface area (Å²) < 4.78 is 5.05. The largest absolute Gasteiger partial charge is 0.504 e. The van der Waals surface area contributed by atoms with Crippen LogP contribution in [0.1, 0.15) is 22.3 Å². The van der Waals surface area contributed by atoms with Gasteiger partial charge >= 0.3 is 5.97 Å². The van der Waals surface area contributed by atoms with Gasteiger partial charge in [-0.3, -0.25) is 0 Å². The van der Waals surface area contributed by atoms with E-state index in [1.807, 2.05) is 32.0 Å². The standard InChI is InChI=1S/C18H18O4/c1-11-7-8-12(2)14(9-11)15(18(20)21)10-13-5-4-6-16(22-3)17(13)19/h4-10,19H,1-3H3,(H,20,21)/b15-10-. The van der Waals surface area contributed by atoms with E-state index in [0.29, 0.717) is 16.9 Å². The van der Waals surface area contributed by atoms with Gasteiger partial charge < -0.3 is 14.9 Å². The van der Waals surface area contributed by atoms with E-state index < -0.39 is 5.97 Å². The van der Waals surface area contributed by atoms with Gasteiger partial charge in [0.2, 0.25) is 0 Å². The number of hydrogen-bond acceptors (Lipinski definition) is 3. The normalized spacial score (nSPS) is 11.3. The number of carboxylic acids is 1. The number of carbonyl (C=O) groups is 1. The topological polar surface area (TPSA) is 66.8 Å². The van der Waals surface area contributed by atoms with E-state index in [1.54, 1.807) is 18.2 Å². The number of aromatic hydroxyl groups is 1. The van der Waals surface area contributed by atoms with E-state index in [1.165, 1.54) is 13.2 Å². The van der Waals surface area contributed by atoms with Crippen molar-refractivity contribution in [3.8, 4) is 11.5 Å². The molecule has 2 rings (SSSR count). The van der Waals surface area contributed by atoms with Crippen LogP contribution >= 0.6 is 0 Å². The quantitative estimate of drug-likeness (QED) is 0.668. The Labute approximate surface area is 129 Å². The Hall–Kier alpha value is -2.75. The minimum Gasteiger partial charge on any atom is -0.504 e. The van der Waals surface area contributed by atoms with Crippen molar-refractivity contribution < 1.29 is 19.7 Å². The Morgan fingerprint density at radius 3 is 2.55 bits per heavy atom. The first kappa shape index (κ1) is 15.6. The van der Waals surface area contributed by atoms with Crippen molar-refractivity contribution in [1.29, 1.82) is 0 Å². The summed E-state index contributed by atoms with van der Waals surface area (Å²) in [6.07, 6.45) is 1.46. The van der Waals surface area contributed by atoms with Gasteiger partial charge in [0.05, 0.1) is 12.7 Å². The van der Waals surface area contributed by atoms with Crippen molar-refractivity contribution in [2.45, 2.75) is 13.8 Å². The maximum atomic E-state index is 11.7. The molecule has 0 spiro atoms. The molecule has 4 heteroatoms. The predicted molar refractivity (Wildman–Crippen MR) is 86.1 cm³/mol. The molecular formula is C18H18O4. The van der Waals surface area contributed by atoms with E-state index >= 15 is 0 Å². The molecule has 0 aromatic heterocycles. The smallest absolute Gasteiger partial charge is 0.336 e. The van der Waals surface area contributed by atoms with Crippen LogP contribution in [-0.4, -0.2) is 23.3 Å². The molecule has 114 valence electrons. The zero-order valence-electron chi connectivity index (χ0n) is 12.8. The van der Waals surface area contributed by atoms with E-state index in [0.717, 1.165) is 11.1 Å². The van der Waals surface area contributed by atoms with Gasteiger partial charge in [0.15, 0.2) is 11.5 Å². The lowest BCUT2D eigenvalue weighted by Crippen LogP contribution is -2.02. The number of hydrogen-bond donors (Lipinski definition) is 2. The lowest BCUT2D eigenvalue weighted by Gasteiger charge is -2.10. The van der Waals surface area contributed by atoms with Crippen molar-refractivity contribution >= 4 is 17.6 Å². The minimum absolute atomic E-state index is 0.0749. The average molecular weight is 298 g/mol. The number of ether oxygens (including phenoxy) is 1. The summed E-state index contributed by atoms with van der Waals surface area (Å²) in [6, 6.07) is 10.6. The SMILES string of the molecule is COc1cccc(/C=C(\C(=O)O)c2cc(C)ccc2C)c1O. The highest BCUT2D eigenvalue weighted by atomic mass is 16.5. The van der Waals surface area contributed by atoms with Gasteiger partial charge in [-0.1, -0.05) is 35.9 Å². The Morgan fingerprint density at radius 1 is 1.18 bits per heavy atom. The monoisotopic (exact) mass is 298 g/mol. The van der Waals surface area contributed by atoms with Crippen LogP contribution in [0.2, 0.25) is 0 Å². The highest BCUT2D eigenvalue weighted by molar-refractivity contribution is 6.21. The zero-order valence-corrected chi connectivity index (χ0v) is 12.8. The van der Waals surface area contributed by atoms with Gasteiger partial charge in [-0.05, 0) is 37.1 Å². The molecule has 0 heterocycles. The van der Waals surface area contributed by atoms with Crippen LogP contribution in [0.4, 0.5) is 0 Å². The second-order valence-corrected chi connectivity index (χ2v) is 5.08. The van der Waals surface area contributed by atoms with Crippen LogP contribution in [0.5, 0.6) is 11.5 Å². The zero-order chi connectivity index (χ0) is 16.3. The Balaban J connectivity index is 2.63. The number of benzene rings is 2. The van der Waals surface area contributed by atoms with Gasteiger partial charge in [0.25, 0.3) is 0 Å². The van der Waals surface area contributed by atoms with Gasteiger partial charge in [-0.15, -0.1) is 0 Å². The Morgan fingerprint density at radius 2 is 1.91 bits per heavy atom. The van der Waals surface area contributed by atoms with E-state index in [9.17, 15) is 15.0 Å². The molecular weight excluding hydrogens is 280 g/mol. The van der Waals surface area contributed by atoms with Gasteiger partial charge in [0.1, 0.15) is 0 Å². The molecule has 2 aromatic carbocycles. The van der Waals surface area contributed by atoms with Crippen molar-refractivity contribution in [2.24, 2.45) is 0 Å². The molecule has 4 nitrogen and oxygen atoms in total. The fourth-order valence-corrected chi connectivity index (χ4v) is 2.26. The molecule has 0 radical (unpaired) electrons. The van der Waals surface area contributed by atoms with Crippen LogP contribution < -0.4 is 4.74 Å². The van der Waals surface area contributed by atoms with E-state index in [-0.39, 0.29) is 11.3 Å². The number of carboxylic acid groups (broad SMARTS) is 1. The highest BCUT2D eigenvalue weighted by Crippen LogP contribution is 2.33. The number of phenolic OH excluding ortho intramolecular Hbond substituents is 1. The number of rotatable bonds is 4. The van der Waals surface area contributed by atoms with Crippen LogP contribution in [-0.2, 0) is 4.79 Å². The molecule has 0 bridgehead atoms. The van der Waals surface area contributed by atoms with Crippen LogP contribution in [0.15, 0.2) is 36.4 Å². The summed E-state index contributed by atoms with van der Waals surface area (Å²) in [7, 11) is 1.45. The molecule has 0 amide bonds. The fourth-order valence-electron chi connectivity index (χ4n) is 2.26. The summed E-state index contributed by atoms with van der Waals surface area (Å²) >= 11 is 0. The molecule has 22 heavy (non-hydrogen) atoms. The summed E-state index contributed by atoms with van der Waals surface area (Å²) in [5, 5.41) is 19.7. The maximum absolute atomic E-state index is 11.7. The molecule has 0 fully saturated rings. The lowest BCUT2D eigenvalue weighted by atomic mass is 9.96. The molecule has 0 aliphatic rings. The number of methoxy groups -OCH3 is 1. The summed E-state index contributed by atoms with van der Waals surface area (Å²) in [4.78, 5) is 11.7. The van der Waals surface area contributed by atoms with Gasteiger partial charge in [-0.25, -0.2) is 4.79 Å². The maximum Gasteiger partial charge on any atom is 0.336 e. The first-order valence-electron chi connectivity index (χ1n) is 6.82. The van der Waals surface area contributed by atoms with Crippen LogP contribution in [0.25, 0.3) is 11.6 Å². The third kappa shape index (κ3) is 3.11. The first-order valence-corrected chi connectivity index (χ1v) is 6.82. The fraction of sp³-hybridized carbons (Fsp3) is 0.167. The lowest BCUT2D eigenvalue weighted by molar-refractivity contribution is -0.130. The minimum atomic E-state index is -1.05. The molecule has 0 saturated carbocycles. The molecule has 0 aliphatic heterocycles. The molecule has 0 saturated heterocycles. The molecule has 0 atom stereocenters. The van der Waals surface area contributed by atoms with Crippen molar-refractivity contribution in [3.05, 3.63) is 58.7 Å². The highest BCUT2D eigenvalue weighted by Gasteiger charge is 2.15. The number of phenols is 1. The van der Waals surface area contributed by atoms with Crippen molar-refractivity contribution in [1.82, 2.24) is 0 Å². The van der Waals surface area contributed by atoms with Crippen LogP contribution in [0.3, 0.4) is 0 Å². The molecule has 2 aromatic rings. The molecule has 0 aliphatic carbocycles. The number of aryl methyl sites for hydroxylation is 2. The third-order valence-electron chi connectivity index (χ3n) is 3.46. The Bertz CT molecular complexity index is 745. The first-order chi connectivity index (χ1) is 10.4.